The van der Waals surface area contributed by atoms with E-state index in [1.807, 2.05) is 13.0 Å². The molecule has 3 heteroatoms. The molecule has 1 aliphatic rings. The molecule has 0 spiro atoms. The Bertz CT molecular complexity index is 382. The summed E-state index contributed by atoms with van der Waals surface area (Å²) in [4.78, 5) is 2.19. The summed E-state index contributed by atoms with van der Waals surface area (Å²) >= 11 is 0. The first kappa shape index (κ1) is 13.3. The molecule has 0 radical (unpaired) electrons. The van der Waals surface area contributed by atoms with E-state index in [1.165, 1.54) is 19.3 Å². The van der Waals surface area contributed by atoms with Crippen molar-refractivity contribution in [1.29, 1.82) is 0 Å². The molecule has 1 fully saturated rings. The molecule has 0 amide bonds. The maximum atomic E-state index is 14.1. The van der Waals surface area contributed by atoms with E-state index < -0.39 is 0 Å². The summed E-state index contributed by atoms with van der Waals surface area (Å²) in [6.45, 7) is 3.81. The SMILES string of the molecule is C[C@@H](N)c1cccc(F)c1N1CCCCCCC1. The highest BCUT2D eigenvalue weighted by atomic mass is 19.1. The monoisotopic (exact) mass is 250 g/mol. The number of halogens is 1. The number of nitrogens with zero attached hydrogens (tertiary/aromatic N) is 1. The van der Waals surface area contributed by atoms with Crippen LogP contribution in [0.3, 0.4) is 0 Å². The molecule has 1 heterocycles. The summed E-state index contributed by atoms with van der Waals surface area (Å²) in [6.07, 6.45) is 6.10. The number of anilines is 1. The van der Waals surface area contributed by atoms with Crippen molar-refractivity contribution in [2.75, 3.05) is 18.0 Å². The summed E-state index contributed by atoms with van der Waals surface area (Å²) in [6, 6.07) is 5.12. The Morgan fingerprint density at radius 2 is 1.72 bits per heavy atom. The van der Waals surface area contributed by atoms with Crippen LogP contribution in [-0.4, -0.2) is 13.1 Å². The average molecular weight is 250 g/mol. The minimum absolute atomic E-state index is 0.124. The predicted molar refractivity (Wildman–Crippen MR) is 74.3 cm³/mol. The average Bonchev–Trinajstić information content (AvgIpc) is 2.29. The molecule has 0 aliphatic carbocycles. The van der Waals surface area contributed by atoms with Gasteiger partial charge >= 0.3 is 0 Å². The molecule has 0 saturated carbocycles. The Balaban J connectivity index is 2.29. The molecule has 1 aromatic rings. The predicted octanol–water partition coefficient (Wildman–Crippen LogP) is 3.62. The highest BCUT2D eigenvalue weighted by Crippen LogP contribution is 2.29. The maximum absolute atomic E-state index is 14.1. The fourth-order valence-corrected chi connectivity index (χ4v) is 2.70. The zero-order valence-electron chi connectivity index (χ0n) is 11.2. The third-order valence-electron chi connectivity index (χ3n) is 3.68. The first-order chi connectivity index (χ1) is 8.70. The van der Waals surface area contributed by atoms with Gasteiger partial charge in [0.05, 0.1) is 5.69 Å². The fourth-order valence-electron chi connectivity index (χ4n) is 2.70. The first-order valence-corrected chi connectivity index (χ1v) is 6.99. The summed E-state index contributed by atoms with van der Waals surface area (Å²) in [5.74, 6) is -0.134. The molecule has 2 rings (SSSR count). The normalized spacial score (nSPS) is 19.2. The van der Waals surface area contributed by atoms with Gasteiger partial charge in [0.1, 0.15) is 5.82 Å². The lowest BCUT2D eigenvalue weighted by molar-refractivity contribution is 0.541. The molecule has 1 atom stereocenters. The fraction of sp³-hybridized carbons (Fsp3) is 0.600. The molecule has 18 heavy (non-hydrogen) atoms. The zero-order valence-corrected chi connectivity index (χ0v) is 11.2. The number of benzene rings is 1. The van der Waals surface area contributed by atoms with E-state index in [1.54, 1.807) is 12.1 Å². The van der Waals surface area contributed by atoms with Crippen molar-refractivity contribution in [3.05, 3.63) is 29.6 Å². The summed E-state index contributed by atoms with van der Waals surface area (Å²) in [5.41, 5.74) is 7.62. The van der Waals surface area contributed by atoms with Crippen LogP contribution in [0.25, 0.3) is 0 Å². The van der Waals surface area contributed by atoms with E-state index in [0.29, 0.717) is 0 Å². The quantitative estimate of drug-likeness (QED) is 0.868. The van der Waals surface area contributed by atoms with Crippen LogP contribution in [0.1, 0.15) is 50.6 Å². The van der Waals surface area contributed by atoms with E-state index in [-0.39, 0.29) is 11.9 Å². The lowest BCUT2D eigenvalue weighted by atomic mass is 10.0. The van der Waals surface area contributed by atoms with Crippen molar-refractivity contribution in [1.82, 2.24) is 0 Å². The van der Waals surface area contributed by atoms with Crippen LogP contribution in [-0.2, 0) is 0 Å². The molecule has 2 N–H and O–H groups in total. The van der Waals surface area contributed by atoms with Gasteiger partial charge in [-0.05, 0) is 31.4 Å². The Morgan fingerprint density at radius 1 is 1.11 bits per heavy atom. The number of para-hydroxylation sites is 1. The van der Waals surface area contributed by atoms with Crippen LogP contribution in [0.15, 0.2) is 18.2 Å². The van der Waals surface area contributed by atoms with E-state index in [9.17, 15) is 4.39 Å². The van der Waals surface area contributed by atoms with Crippen LogP contribution in [0.5, 0.6) is 0 Å². The van der Waals surface area contributed by atoms with Crippen molar-refractivity contribution < 1.29 is 4.39 Å². The van der Waals surface area contributed by atoms with Gasteiger partial charge in [-0.2, -0.15) is 0 Å². The smallest absolute Gasteiger partial charge is 0.146 e. The topological polar surface area (TPSA) is 29.3 Å². The minimum atomic E-state index is -0.134. The first-order valence-electron chi connectivity index (χ1n) is 6.99. The second kappa shape index (κ2) is 6.19. The van der Waals surface area contributed by atoms with Crippen LogP contribution in [0.4, 0.5) is 10.1 Å². The van der Waals surface area contributed by atoms with E-state index in [4.69, 9.17) is 5.73 Å². The molecule has 0 bridgehead atoms. The molecule has 0 aromatic heterocycles. The van der Waals surface area contributed by atoms with Crippen molar-refractivity contribution in [2.24, 2.45) is 5.73 Å². The van der Waals surface area contributed by atoms with Gasteiger partial charge in [0.2, 0.25) is 0 Å². The van der Waals surface area contributed by atoms with Gasteiger partial charge in [0.15, 0.2) is 0 Å². The van der Waals surface area contributed by atoms with Gasteiger partial charge in [0.25, 0.3) is 0 Å². The van der Waals surface area contributed by atoms with Crippen LogP contribution < -0.4 is 10.6 Å². The largest absolute Gasteiger partial charge is 0.369 e. The Hall–Kier alpha value is -1.09. The van der Waals surface area contributed by atoms with Crippen LogP contribution in [0, 0.1) is 5.82 Å². The molecule has 1 aromatic carbocycles. The summed E-state index contributed by atoms with van der Waals surface area (Å²) in [5, 5.41) is 0. The summed E-state index contributed by atoms with van der Waals surface area (Å²) < 4.78 is 14.1. The van der Waals surface area contributed by atoms with E-state index in [0.717, 1.165) is 37.2 Å². The Labute approximate surface area is 109 Å². The second-order valence-corrected chi connectivity index (χ2v) is 5.22. The molecule has 1 aliphatic heterocycles. The standard InChI is InChI=1S/C15H23FN2/c1-12(17)13-8-7-9-14(16)15(13)18-10-5-3-2-4-6-11-18/h7-9,12H,2-6,10-11,17H2,1H3/t12-/m1/s1. The minimum Gasteiger partial charge on any atom is -0.369 e. The van der Waals surface area contributed by atoms with Gasteiger partial charge < -0.3 is 10.6 Å². The molecule has 2 nitrogen and oxygen atoms in total. The van der Waals surface area contributed by atoms with Crippen molar-refractivity contribution >= 4 is 5.69 Å². The van der Waals surface area contributed by atoms with Crippen LogP contribution >= 0.6 is 0 Å². The van der Waals surface area contributed by atoms with Gasteiger partial charge in [-0.25, -0.2) is 4.39 Å². The van der Waals surface area contributed by atoms with Crippen molar-refractivity contribution in [3.8, 4) is 0 Å². The number of rotatable bonds is 2. The van der Waals surface area contributed by atoms with Gasteiger partial charge in [-0.1, -0.05) is 31.4 Å². The molecule has 100 valence electrons. The van der Waals surface area contributed by atoms with Gasteiger partial charge in [-0.15, -0.1) is 0 Å². The number of hydrogen-bond donors (Lipinski definition) is 1. The van der Waals surface area contributed by atoms with Crippen molar-refractivity contribution in [3.63, 3.8) is 0 Å². The molecular weight excluding hydrogens is 227 g/mol. The molecule has 0 unspecified atom stereocenters. The second-order valence-electron chi connectivity index (χ2n) is 5.22. The number of nitrogens with two attached hydrogens (primary N) is 1. The number of hydrogen-bond acceptors (Lipinski definition) is 2. The third-order valence-corrected chi connectivity index (χ3v) is 3.68. The zero-order chi connectivity index (χ0) is 13.0. The highest BCUT2D eigenvalue weighted by Gasteiger charge is 2.18. The third kappa shape index (κ3) is 3.02. The lowest BCUT2D eigenvalue weighted by Gasteiger charge is -2.30. The molecular formula is C15H23FN2. The lowest BCUT2D eigenvalue weighted by Crippen LogP contribution is -2.29. The summed E-state index contributed by atoms with van der Waals surface area (Å²) in [7, 11) is 0. The van der Waals surface area contributed by atoms with E-state index in [2.05, 4.69) is 4.90 Å². The van der Waals surface area contributed by atoms with Gasteiger partial charge in [0, 0.05) is 19.1 Å². The van der Waals surface area contributed by atoms with Gasteiger partial charge in [-0.3, -0.25) is 0 Å². The van der Waals surface area contributed by atoms with Crippen molar-refractivity contribution in [2.45, 2.75) is 45.1 Å². The maximum Gasteiger partial charge on any atom is 0.146 e. The highest BCUT2D eigenvalue weighted by molar-refractivity contribution is 5.56. The van der Waals surface area contributed by atoms with Crippen LogP contribution in [0.2, 0.25) is 0 Å². The van der Waals surface area contributed by atoms with E-state index >= 15 is 0 Å². The Morgan fingerprint density at radius 3 is 2.33 bits per heavy atom. The Kier molecular flexibility index (Phi) is 4.59. The molecule has 1 saturated heterocycles.